The maximum absolute atomic E-state index is 14.3. The van der Waals surface area contributed by atoms with Gasteiger partial charge in [-0.2, -0.15) is 0 Å². The molecule has 1 saturated heterocycles. The highest BCUT2D eigenvalue weighted by atomic mass is 19.1. The number of nitrogens with zero attached hydrogens (tertiary/aromatic N) is 3. The Kier molecular flexibility index (Phi) is 8.39. The Morgan fingerprint density at radius 2 is 2.00 bits per heavy atom. The summed E-state index contributed by atoms with van der Waals surface area (Å²) in [7, 11) is 0. The molecular formula is C32H38F2N4O6. The molecular weight excluding hydrogens is 574 g/mol. The third-order valence-corrected chi connectivity index (χ3v) is 9.11. The quantitative estimate of drug-likeness (QED) is 0.433. The molecule has 2 amide bonds. The van der Waals surface area contributed by atoms with Gasteiger partial charge >= 0.3 is 5.97 Å². The molecule has 0 unspecified atom stereocenters. The van der Waals surface area contributed by atoms with E-state index in [-0.39, 0.29) is 36.8 Å². The first-order valence-corrected chi connectivity index (χ1v) is 15.0. The van der Waals surface area contributed by atoms with E-state index in [1.165, 1.54) is 12.3 Å². The van der Waals surface area contributed by atoms with Crippen molar-refractivity contribution < 1.29 is 32.7 Å². The normalized spacial score (nSPS) is 24.1. The molecule has 10 nitrogen and oxygen atoms in total. The fourth-order valence-corrected chi connectivity index (χ4v) is 6.46. The minimum Gasteiger partial charge on any atom is -0.420 e. The summed E-state index contributed by atoms with van der Waals surface area (Å²) in [5, 5.41) is 6.76. The molecule has 1 spiro atoms. The predicted molar refractivity (Wildman–Crippen MR) is 157 cm³/mol. The van der Waals surface area contributed by atoms with Crippen LogP contribution in [0.2, 0.25) is 0 Å². The smallest absolute Gasteiger partial charge is 0.311 e. The number of amides is 2. The summed E-state index contributed by atoms with van der Waals surface area (Å²) in [5.74, 6) is -3.86. The third kappa shape index (κ3) is 5.50. The summed E-state index contributed by atoms with van der Waals surface area (Å²) in [6, 6.07) is 2.74. The van der Waals surface area contributed by atoms with Gasteiger partial charge in [-0.3, -0.25) is 19.2 Å². The van der Waals surface area contributed by atoms with E-state index in [0.29, 0.717) is 37.7 Å². The Labute approximate surface area is 254 Å². The highest BCUT2D eigenvalue weighted by Gasteiger charge is 2.61. The molecule has 1 fully saturated rings. The summed E-state index contributed by atoms with van der Waals surface area (Å²) in [5.41, 5.74) is -2.63. The molecule has 1 aromatic heterocycles. The van der Waals surface area contributed by atoms with Gasteiger partial charge in [0.1, 0.15) is 22.7 Å². The van der Waals surface area contributed by atoms with Crippen molar-refractivity contribution in [2.24, 2.45) is 11.1 Å². The summed E-state index contributed by atoms with van der Waals surface area (Å²) in [6.45, 7) is 9.57. The number of esters is 1. The molecule has 0 aliphatic carbocycles. The van der Waals surface area contributed by atoms with Gasteiger partial charge in [0.2, 0.25) is 11.2 Å². The predicted octanol–water partition coefficient (Wildman–Crippen LogP) is 4.68. The zero-order chi connectivity index (χ0) is 32.0. The number of rotatable bonds is 8. The number of pyridine rings is 1. The van der Waals surface area contributed by atoms with Gasteiger partial charge in [0, 0.05) is 49.8 Å². The number of aromatic nitrogens is 1. The van der Waals surface area contributed by atoms with E-state index < -0.39 is 57.3 Å². The van der Waals surface area contributed by atoms with Crippen LogP contribution in [0.25, 0.3) is 0 Å². The monoisotopic (exact) mass is 612 g/mol. The highest BCUT2D eigenvalue weighted by molar-refractivity contribution is 6.00. The third-order valence-electron chi connectivity index (χ3n) is 9.11. The number of hydrogen-bond donors (Lipinski definition) is 1. The van der Waals surface area contributed by atoms with Crippen LogP contribution in [0.15, 0.2) is 34.3 Å². The van der Waals surface area contributed by atoms with Crippen LogP contribution < -0.4 is 15.5 Å². The first kappa shape index (κ1) is 31.3. The Balaban J connectivity index is 1.62. The number of fused-ring (bicyclic) bond motifs is 5. The molecule has 1 N–H and O–H groups in total. The lowest BCUT2D eigenvalue weighted by atomic mass is 9.74. The van der Waals surface area contributed by atoms with Crippen molar-refractivity contribution in [1.82, 2.24) is 14.8 Å². The molecule has 44 heavy (non-hydrogen) atoms. The topological polar surface area (TPSA) is 119 Å². The van der Waals surface area contributed by atoms with Crippen LogP contribution in [0, 0.1) is 17.6 Å². The molecule has 3 aliphatic heterocycles. The number of ether oxygens (including phenoxy) is 1. The fourth-order valence-electron chi connectivity index (χ4n) is 6.46. The van der Waals surface area contributed by atoms with Crippen LogP contribution in [0.5, 0.6) is 5.75 Å². The highest BCUT2D eigenvalue weighted by Crippen LogP contribution is 2.50. The molecule has 236 valence electrons. The SMILES string of the molecule is CC1=NO[C@@]2(CC[C@H](C)N3C[C@@]2(C)n2cc(C(=O)NCc4ccc(F)cc4F)c(=O)c(OC(=O)CCCC(C)C)c2C3=O)C1. The number of hydrogen-bond acceptors (Lipinski definition) is 7. The van der Waals surface area contributed by atoms with Crippen molar-refractivity contribution in [2.45, 2.75) is 96.9 Å². The Hall–Kier alpha value is -4.09. The Morgan fingerprint density at radius 1 is 1.25 bits per heavy atom. The molecule has 1 aromatic carbocycles. The summed E-state index contributed by atoms with van der Waals surface area (Å²) in [4.78, 5) is 62.3. The zero-order valence-corrected chi connectivity index (χ0v) is 25.7. The average molecular weight is 613 g/mol. The lowest BCUT2D eigenvalue weighted by Gasteiger charge is -2.50. The molecule has 2 aromatic rings. The van der Waals surface area contributed by atoms with E-state index in [1.54, 1.807) is 9.47 Å². The molecule has 0 radical (unpaired) electrons. The minimum atomic E-state index is -1.02. The van der Waals surface area contributed by atoms with E-state index in [1.807, 2.05) is 34.6 Å². The summed E-state index contributed by atoms with van der Waals surface area (Å²) in [6.07, 6.45) is 4.19. The molecule has 0 saturated carbocycles. The van der Waals surface area contributed by atoms with Crippen LogP contribution in [0.3, 0.4) is 0 Å². The number of carbonyl (C=O) groups is 3. The van der Waals surface area contributed by atoms with Crippen LogP contribution in [-0.2, 0) is 21.7 Å². The minimum absolute atomic E-state index is 0.0103. The van der Waals surface area contributed by atoms with Crippen LogP contribution in [-0.4, -0.2) is 51.2 Å². The van der Waals surface area contributed by atoms with E-state index in [9.17, 15) is 28.0 Å². The Morgan fingerprint density at radius 3 is 2.66 bits per heavy atom. The molecule has 2 bridgehead atoms. The van der Waals surface area contributed by atoms with Gasteiger partial charge in [-0.05, 0) is 52.0 Å². The standard InChI is InChI=1S/C32H38F2N4O6/c1-18(2)7-6-8-25(39)43-28-26-30(42)37-17-31(5,32(12-11-20(37)4)14-19(3)36-44-32)38(26)16-23(27(28)40)29(41)35-15-21-9-10-22(33)13-24(21)34/h9-10,13,16,18,20H,6-8,11-12,14-15,17H2,1-5H3,(H,35,41)/t20-,31+,32-/m0/s1. The molecule has 5 rings (SSSR count). The van der Waals surface area contributed by atoms with Gasteiger partial charge < -0.3 is 24.4 Å². The number of oxime groups is 1. The molecule has 3 atom stereocenters. The van der Waals surface area contributed by atoms with Crippen molar-refractivity contribution in [1.29, 1.82) is 0 Å². The number of nitrogens with one attached hydrogen (secondary N) is 1. The second kappa shape index (κ2) is 11.8. The van der Waals surface area contributed by atoms with Crippen molar-refractivity contribution in [3.8, 4) is 5.75 Å². The van der Waals surface area contributed by atoms with Gasteiger partial charge in [0.25, 0.3) is 11.8 Å². The largest absolute Gasteiger partial charge is 0.420 e. The fraction of sp³-hybridized carbons (Fsp3) is 0.531. The lowest BCUT2D eigenvalue weighted by Crippen LogP contribution is -2.63. The van der Waals surface area contributed by atoms with Gasteiger partial charge in [0.15, 0.2) is 11.3 Å². The van der Waals surface area contributed by atoms with Gasteiger partial charge in [0.05, 0.1) is 5.71 Å². The first-order valence-electron chi connectivity index (χ1n) is 15.0. The maximum atomic E-state index is 14.3. The van der Waals surface area contributed by atoms with Crippen molar-refractivity contribution in [3.05, 3.63) is 63.1 Å². The second-order valence-electron chi connectivity index (χ2n) is 12.8. The van der Waals surface area contributed by atoms with Crippen LogP contribution >= 0.6 is 0 Å². The average Bonchev–Trinajstić information content (AvgIpc) is 3.32. The Bertz CT molecular complexity index is 1600. The van der Waals surface area contributed by atoms with Crippen molar-refractivity contribution >= 4 is 23.5 Å². The van der Waals surface area contributed by atoms with E-state index in [2.05, 4.69) is 10.5 Å². The number of carbonyl (C=O) groups excluding carboxylic acids is 3. The van der Waals surface area contributed by atoms with E-state index >= 15 is 0 Å². The van der Waals surface area contributed by atoms with E-state index in [4.69, 9.17) is 9.57 Å². The van der Waals surface area contributed by atoms with Crippen molar-refractivity contribution in [3.63, 3.8) is 0 Å². The van der Waals surface area contributed by atoms with Crippen molar-refractivity contribution in [2.75, 3.05) is 6.54 Å². The van der Waals surface area contributed by atoms with Crippen LogP contribution in [0.4, 0.5) is 8.78 Å². The second-order valence-corrected chi connectivity index (χ2v) is 12.8. The molecule has 4 heterocycles. The van der Waals surface area contributed by atoms with Gasteiger partial charge in [-0.1, -0.05) is 31.5 Å². The van der Waals surface area contributed by atoms with Gasteiger partial charge in [-0.15, -0.1) is 0 Å². The molecule has 3 aliphatic rings. The maximum Gasteiger partial charge on any atom is 0.311 e. The number of halogens is 2. The van der Waals surface area contributed by atoms with Crippen LogP contribution in [0.1, 0.15) is 99.6 Å². The summed E-state index contributed by atoms with van der Waals surface area (Å²) < 4.78 is 34.9. The lowest BCUT2D eigenvalue weighted by molar-refractivity contribution is -0.134. The first-order chi connectivity index (χ1) is 20.8. The van der Waals surface area contributed by atoms with Gasteiger partial charge in [-0.25, -0.2) is 8.78 Å². The summed E-state index contributed by atoms with van der Waals surface area (Å²) >= 11 is 0. The zero-order valence-electron chi connectivity index (χ0n) is 25.7. The number of benzene rings is 1. The van der Waals surface area contributed by atoms with E-state index in [0.717, 1.165) is 18.2 Å². The molecule has 12 heteroatoms.